The molecule has 0 saturated carbocycles. The van der Waals surface area contributed by atoms with Crippen LogP contribution in [0.4, 0.5) is 0 Å². The van der Waals surface area contributed by atoms with Gasteiger partial charge in [0.2, 0.25) is 5.91 Å². The molecule has 0 saturated heterocycles. The number of benzene rings is 1. The fourth-order valence-corrected chi connectivity index (χ4v) is 2.03. The lowest BCUT2D eigenvalue weighted by Crippen LogP contribution is -2.42. The Labute approximate surface area is 126 Å². The number of carbonyl (C=O) groups is 2. The smallest absolute Gasteiger partial charge is 0.254 e. The summed E-state index contributed by atoms with van der Waals surface area (Å²) < 4.78 is 0. The van der Waals surface area contributed by atoms with Gasteiger partial charge in [-0.05, 0) is 51.4 Å². The Morgan fingerprint density at radius 2 is 1.86 bits per heavy atom. The van der Waals surface area contributed by atoms with E-state index in [1.807, 2.05) is 32.9 Å². The number of nitrogens with one attached hydrogen (secondary N) is 1. The van der Waals surface area contributed by atoms with E-state index in [1.165, 1.54) is 4.90 Å². The molecular formula is C16H25N3O2. The lowest BCUT2D eigenvalue weighted by molar-refractivity contribution is -0.122. The van der Waals surface area contributed by atoms with Crippen LogP contribution in [0.3, 0.4) is 0 Å². The molecule has 3 N–H and O–H groups in total. The van der Waals surface area contributed by atoms with Crippen molar-refractivity contribution in [2.45, 2.75) is 33.2 Å². The molecule has 21 heavy (non-hydrogen) atoms. The minimum atomic E-state index is -0.139. The van der Waals surface area contributed by atoms with Gasteiger partial charge < -0.3 is 16.0 Å². The summed E-state index contributed by atoms with van der Waals surface area (Å²) in [7, 11) is 0. The van der Waals surface area contributed by atoms with Crippen molar-refractivity contribution in [2.75, 3.05) is 19.6 Å². The summed E-state index contributed by atoms with van der Waals surface area (Å²) in [5.74, 6) is -0.268. The summed E-state index contributed by atoms with van der Waals surface area (Å²) in [6.07, 6.45) is 0.794. The van der Waals surface area contributed by atoms with Gasteiger partial charge in [-0.25, -0.2) is 0 Å². The maximum atomic E-state index is 12.4. The molecule has 0 unspecified atom stereocenters. The van der Waals surface area contributed by atoms with Gasteiger partial charge in [0.25, 0.3) is 5.91 Å². The lowest BCUT2D eigenvalue weighted by atomic mass is 10.1. The third-order valence-electron chi connectivity index (χ3n) is 3.09. The van der Waals surface area contributed by atoms with E-state index in [9.17, 15) is 9.59 Å². The summed E-state index contributed by atoms with van der Waals surface area (Å²) in [4.78, 5) is 25.7. The highest BCUT2D eigenvalue weighted by molar-refractivity contribution is 5.96. The quantitative estimate of drug-likeness (QED) is 0.792. The first-order chi connectivity index (χ1) is 9.97. The summed E-state index contributed by atoms with van der Waals surface area (Å²) >= 11 is 0. The fraction of sp³-hybridized carbons (Fsp3) is 0.500. The molecule has 0 bridgehead atoms. The van der Waals surface area contributed by atoms with Crippen molar-refractivity contribution in [3.63, 3.8) is 0 Å². The minimum Gasteiger partial charge on any atom is -0.352 e. The first-order valence-electron chi connectivity index (χ1n) is 7.35. The maximum Gasteiger partial charge on any atom is 0.254 e. The summed E-state index contributed by atoms with van der Waals surface area (Å²) in [5.41, 5.74) is 7.20. The first-order valence-corrected chi connectivity index (χ1v) is 7.35. The van der Waals surface area contributed by atoms with Gasteiger partial charge in [-0.2, -0.15) is 0 Å². The van der Waals surface area contributed by atoms with Crippen molar-refractivity contribution in [1.82, 2.24) is 10.2 Å². The summed E-state index contributed by atoms with van der Waals surface area (Å²) in [5, 5.41) is 2.79. The zero-order chi connectivity index (χ0) is 15.8. The van der Waals surface area contributed by atoms with E-state index in [2.05, 4.69) is 5.32 Å². The number of carbonyl (C=O) groups excluding carboxylic acids is 2. The summed E-state index contributed by atoms with van der Waals surface area (Å²) in [6.45, 7) is 6.82. The van der Waals surface area contributed by atoms with E-state index in [1.54, 1.807) is 12.1 Å². The summed E-state index contributed by atoms with van der Waals surface area (Å²) in [6, 6.07) is 7.46. The third-order valence-corrected chi connectivity index (χ3v) is 3.09. The molecule has 0 aliphatic heterocycles. The van der Waals surface area contributed by atoms with E-state index >= 15 is 0 Å². The minimum absolute atomic E-state index is 0.0712. The number of nitrogens with two attached hydrogens (primary N) is 1. The van der Waals surface area contributed by atoms with Crippen molar-refractivity contribution in [1.29, 1.82) is 0 Å². The number of amides is 2. The molecule has 5 nitrogen and oxygen atoms in total. The van der Waals surface area contributed by atoms with Crippen molar-refractivity contribution >= 4 is 11.8 Å². The monoisotopic (exact) mass is 291 g/mol. The number of likely N-dealkylation sites (N-methyl/N-ethyl adjacent to an activating group) is 1. The number of rotatable bonds is 7. The second-order valence-corrected chi connectivity index (χ2v) is 5.28. The highest BCUT2D eigenvalue weighted by Crippen LogP contribution is 2.08. The SMILES string of the molecule is CCN(CC(=O)NC(C)C)C(=O)c1ccc(CCN)cc1. The van der Waals surface area contributed by atoms with Gasteiger partial charge in [0, 0.05) is 18.2 Å². The van der Waals surface area contributed by atoms with E-state index in [0.29, 0.717) is 18.7 Å². The van der Waals surface area contributed by atoms with Crippen LogP contribution in [0, 0.1) is 0 Å². The Hall–Kier alpha value is -1.88. The van der Waals surface area contributed by atoms with Gasteiger partial charge in [0.05, 0.1) is 6.54 Å². The van der Waals surface area contributed by atoms with Crippen LogP contribution in [-0.2, 0) is 11.2 Å². The molecule has 5 heteroatoms. The zero-order valence-electron chi connectivity index (χ0n) is 13.1. The number of hydrogen-bond donors (Lipinski definition) is 2. The van der Waals surface area contributed by atoms with Crippen molar-refractivity contribution in [3.8, 4) is 0 Å². The van der Waals surface area contributed by atoms with Crippen LogP contribution >= 0.6 is 0 Å². The lowest BCUT2D eigenvalue weighted by Gasteiger charge is -2.21. The third kappa shape index (κ3) is 5.55. The maximum absolute atomic E-state index is 12.4. The Kier molecular flexibility index (Phi) is 6.88. The molecule has 0 heterocycles. The largest absolute Gasteiger partial charge is 0.352 e. The van der Waals surface area contributed by atoms with Crippen LogP contribution in [0.15, 0.2) is 24.3 Å². The molecule has 0 aliphatic carbocycles. The van der Waals surface area contributed by atoms with Crippen molar-refractivity contribution < 1.29 is 9.59 Å². The van der Waals surface area contributed by atoms with Crippen LogP contribution in [-0.4, -0.2) is 42.4 Å². The molecule has 116 valence electrons. The Balaban J connectivity index is 2.71. The zero-order valence-corrected chi connectivity index (χ0v) is 13.1. The van der Waals surface area contributed by atoms with Gasteiger partial charge in [-0.1, -0.05) is 12.1 Å². The second-order valence-electron chi connectivity index (χ2n) is 5.28. The van der Waals surface area contributed by atoms with Gasteiger partial charge in [0.15, 0.2) is 0 Å². The Morgan fingerprint density at radius 1 is 1.24 bits per heavy atom. The first kappa shape index (κ1) is 17.2. The predicted molar refractivity (Wildman–Crippen MR) is 84.1 cm³/mol. The molecule has 1 aromatic carbocycles. The van der Waals surface area contributed by atoms with E-state index in [0.717, 1.165) is 12.0 Å². The van der Waals surface area contributed by atoms with E-state index in [4.69, 9.17) is 5.73 Å². The fourth-order valence-electron chi connectivity index (χ4n) is 2.03. The molecule has 0 fully saturated rings. The van der Waals surface area contributed by atoms with Crippen LogP contribution in [0.1, 0.15) is 36.7 Å². The molecule has 2 amide bonds. The topological polar surface area (TPSA) is 75.4 Å². The molecule has 0 aromatic heterocycles. The van der Waals surface area contributed by atoms with Crippen molar-refractivity contribution in [2.24, 2.45) is 5.73 Å². The average Bonchev–Trinajstić information content (AvgIpc) is 2.44. The Bertz CT molecular complexity index is 469. The molecule has 0 aliphatic rings. The highest BCUT2D eigenvalue weighted by Gasteiger charge is 2.17. The standard InChI is InChI=1S/C16H25N3O2/c1-4-19(11-15(20)18-12(2)3)16(21)14-7-5-13(6-8-14)9-10-17/h5-8,12H,4,9-11,17H2,1-3H3,(H,18,20). The van der Waals surface area contributed by atoms with Gasteiger partial charge in [-0.3, -0.25) is 9.59 Å². The average molecular weight is 291 g/mol. The van der Waals surface area contributed by atoms with Crippen LogP contribution < -0.4 is 11.1 Å². The predicted octanol–water partition coefficient (Wildman–Crippen LogP) is 1.17. The molecular weight excluding hydrogens is 266 g/mol. The molecule has 1 aromatic rings. The van der Waals surface area contributed by atoms with E-state index in [-0.39, 0.29) is 24.4 Å². The van der Waals surface area contributed by atoms with Gasteiger partial charge in [-0.15, -0.1) is 0 Å². The van der Waals surface area contributed by atoms with Gasteiger partial charge >= 0.3 is 0 Å². The number of nitrogens with zero attached hydrogens (tertiary/aromatic N) is 1. The normalized spacial score (nSPS) is 10.5. The number of hydrogen-bond acceptors (Lipinski definition) is 3. The molecule has 0 spiro atoms. The molecule has 1 rings (SSSR count). The van der Waals surface area contributed by atoms with Gasteiger partial charge in [0.1, 0.15) is 0 Å². The molecule has 0 radical (unpaired) electrons. The molecule has 0 atom stereocenters. The highest BCUT2D eigenvalue weighted by atomic mass is 16.2. The Morgan fingerprint density at radius 3 is 2.33 bits per heavy atom. The van der Waals surface area contributed by atoms with Crippen LogP contribution in [0.2, 0.25) is 0 Å². The second kappa shape index (κ2) is 8.42. The van der Waals surface area contributed by atoms with Crippen LogP contribution in [0.5, 0.6) is 0 Å². The van der Waals surface area contributed by atoms with Crippen molar-refractivity contribution in [3.05, 3.63) is 35.4 Å². The van der Waals surface area contributed by atoms with E-state index < -0.39 is 0 Å². The van der Waals surface area contributed by atoms with Crippen LogP contribution in [0.25, 0.3) is 0 Å².